The Balaban J connectivity index is 0.00000529. The Morgan fingerprint density at radius 2 is 1.96 bits per heavy atom. The summed E-state index contributed by atoms with van der Waals surface area (Å²) in [6.07, 6.45) is 3.19. The van der Waals surface area contributed by atoms with Crippen LogP contribution in [0.15, 0.2) is 4.99 Å². The molecule has 1 rings (SSSR count). The number of hydrogen-bond donors (Lipinski definition) is 3. The molecule has 7 nitrogen and oxygen atoms in total. The van der Waals surface area contributed by atoms with E-state index in [1.54, 1.807) is 7.05 Å². The van der Waals surface area contributed by atoms with Gasteiger partial charge in [0.25, 0.3) is 0 Å². The van der Waals surface area contributed by atoms with E-state index in [0.29, 0.717) is 12.6 Å². The molecule has 0 spiro atoms. The monoisotopic (exact) mass is 454 g/mol. The van der Waals surface area contributed by atoms with Gasteiger partial charge in [-0.2, -0.15) is 0 Å². The molecule has 1 aliphatic rings. The van der Waals surface area contributed by atoms with Crippen LogP contribution < -0.4 is 16.4 Å². The van der Waals surface area contributed by atoms with Gasteiger partial charge in [0.1, 0.15) is 0 Å². The lowest BCUT2D eigenvalue weighted by Gasteiger charge is -2.32. The Kier molecular flexibility index (Phi) is 13.3. The fraction of sp³-hybridized carbons (Fsp3) is 0.875. The number of halogens is 1. The molecule has 0 unspecified atom stereocenters. The summed E-state index contributed by atoms with van der Waals surface area (Å²) in [7, 11) is 1.81. The maximum absolute atomic E-state index is 10.9. The number of likely N-dealkylation sites (N-methyl/N-ethyl adjacent to an activating group) is 1. The second-order valence-electron chi connectivity index (χ2n) is 6.09. The van der Waals surface area contributed by atoms with E-state index in [4.69, 9.17) is 5.73 Å². The maximum Gasteiger partial charge on any atom is 0.231 e. The van der Waals surface area contributed by atoms with Crippen molar-refractivity contribution in [2.24, 2.45) is 10.7 Å². The molecule has 1 heterocycles. The summed E-state index contributed by atoms with van der Waals surface area (Å²) in [5.74, 6) is 0.618. The Bertz CT molecular complexity index is 372. The van der Waals surface area contributed by atoms with Gasteiger partial charge >= 0.3 is 0 Å². The zero-order valence-electron chi connectivity index (χ0n) is 15.4. The number of hydrogen-bond acceptors (Lipinski definition) is 4. The van der Waals surface area contributed by atoms with Crippen LogP contribution in [0.5, 0.6) is 0 Å². The van der Waals surface area contributed by atoms with Crippen LogP contribution in [0.1, 0.15) is 33.1 Å². The SMILES string of the molecule is CCCN(CC)CCNC(=NC)NC1CCN(CC(N)=O)CC1.I. The smallest absolute Gasteiger partial charge is 0.231 e. The van der Waals surface area contributed by atoms with Gasteiger partial charge < -0.3 is 21.3 Å². The summed E-state index contributed by atoms with van der Waals surface area (Å²) in [6.45, 7) is 10.7. The number of likely N-dealkylation sites (tertiary alicyclic amines) is 1. The lowest BCUT2D eigenvalue weighted by molar-refractivity contribution is -0.119. The molecule has 0 bridgehead atoms. The number of guanidine groups is 1. The van der Waals surface area contributed by atoms with Gasteiger partial charge in [0, 0.05) is 39.3 Å². The van der Waals surface area contributed by atoms with Crippen LogP contribution in [-0.2, 0) is 4.79 Å². The fourth-order valence-corrected chi connectivity index (χ4v) is 2.92. The van der Waals surface area contributed by atoms with Crippen molar-refractivity contribution in [1.29, 1.82) is 0 Å². The second-order valence-corrected chi connectivity index (χ2v) is 6.09. The standard InChI is InChI=1S/C16H34N6O.HI/c1-4-9-21(5-2)12-8-19-16(18-3)20-14-6-10-22(11-7-14)13-15(17)23;/h14H,4-13H2,1-3H3,(H2,17,23)(H2,18,19,20);1H. The molecule has 0 radical (unpaired) electrons. The van der Waals surface area contributed by atoms with Gasteiger partial charge in [-0.3, -0.25) is 14.7 Å². The van der Waals surface area contributed by atoms with Crippen molar-refractivity contribution < 1.29 is 4.79 Å². The number of aliphatic imine (C=N–C) groups is 1. The molecule has 24 heavy (non-hydrogen) atoms. The van der Waals surface area contributed by atoms with Crippen LogP contribution >= 0.6 is 24.0 Å². The van der Waals surface area contributed by atoms with Gasteiger partial charge in [-0.15, -0.1) is 24.0 Å². The minimum Gasteiger partial charge on any atom is -0.369 e. The van der Waals surface area contributed by atoms with Gasteiger partial charge in [-0.25, -0.2) is 0 Å². The molecule has 1 saturated heterocycles. The predicted octanol–water partition coefficient (Wildman–Crippen LogP) is 0.451. The van der Waals surface area contributed by atoms with E-state index in [0.717, 1.165) is 58.1 Å². The average molecular weight is 454 g/mol. The highest BCUT2D eigenvalue weighted by atomic mass is 127. The molecule has 1 fully saturated rings. The lowest BCUT2D eigenvalue weighted by atomic mass is 10.1. The maximum atomic E-state index is 10.9. The molecule has 8 heteroatoms. The summed E-state index contributed by atoms with van der Waals surface area (Å²) in [5, 5.41) is 6.87. The van der Waals surface area contributed by atoms with Crippen molar-refractivity contribution in [3.05, 3.63) is 0 Å². The van der Waals surface area contributed by atoms with Crippen molar-refractivity contribution in [3.8, 4) is 0 Å². The molecule has 0 atom stereocenters. The number of primary amides is 1. The zero-order valence-corrected chi connectivity index (χ0v) is 17.7. The number of carbonyl (C=O) groups excluding carboxylic acids is 1. The molecule has 0 saturated carbocycles. The van der Waals surface area contributed by atoms with E-state index >= 15 is 0 Å². The summed E-state index contributed by atoms with van der Waals surface area (Å²) in [4.78, 5) is 19.8. The van der Waals surface area contributed by atoms with Crippen LogP contribution in [0.3, 0.4) is 0 Å². The topological polar surface area (TPSA) is 86.0 Å². The number of nitrogens with one attached hydrogen (secondary N) is 2. The van der Waals surface area contributed by atoms with Gasteiger partial charge in [0.2, 0.25) is 5.91 Å². The van der Waals surface area contributed by atoms with Crippen LogP contribution in [0.2, 0.25) is 0 Å². The number of amides is 1. The Labute approximate surface area is 163 Å². The molecule has 0 aliphatic carbocycles. The molecule has 0 aromatic rings. The van der Waals surface area contributed by atoms with Crippen molar-refractivity contribution >= 4 is 35.8 Å². The third-order valence-electron chi connectivity index (χ3n) is 4.24. The van der Waals surface area contributed by atoms with Crippen molar-refractivity contribution in [2.75, 3.05) is 52.9 Å². The van der Waals surface area contributed by atoms with Crippen LogP contribution in [0.25, 0.3) is 0 Å². The summed E-state index contributed by atoms with van der Waals surface area (Å²) in [5.41, 5.74) is 5.24. The largest absolute Gasteiger partial charge is 0.369 e. The first-order chi connectivity index (χ1) is 11.1. The van der Waals surface area contributed by atoms with Crippen LogP contribution in [0, 0.1) is 0 Å². The van der Waals surface area contributed by atoms with E-state index in [1.165, 1.54) is 6.42 Å². The van der Waals surface area contributed by atoms with E-state index in [9.17, 15) is 4.79 Å². The second kappa shape index (κ2) is 13.7. The molecular formula is C16H35IN6O. The molecule has 1 amide bonds. The number of carbonyl (C=O) groups is 1. The summed E-state index contributed by atoms with van der Waals surface area (Å²) >= 11 is 0. The van der Waals surface area contributed by atoms with Gasteiger partial charge in [0.05, 0.1) is 6.54 Å². The third-order valence-corrected chi connectivity index (χ3v) is 4.24. The molecular weight excluding hydrogens is 419 g/mol. The van der Waals surface area contributed by atoms with Crippen LogP contribution in [0.4, 0.5) is 0 Å². The first-order valence-corrected chi connectivity index (χ1v) is 8.79. The highest BCUT2D eigenvalue weighted by Gasteiger charge is 2.20. The molecule has 142 valence electrons. The van der Waals surface area contributed by atoms with Crippen LogP contribution in [-0.4, -0.2) is 80.6 Å². The first kappa shape index (κ1) is 23.4. The van der Waals surface area contributed by atoms with E-state index < -0.39 is 0 Å². The number of rotatable bonds is 9. The zero-order chi connectivity index (χ0) is 17.1. The highest BCUT2D eigenvalue weighted by molar-refractivity contribution is 14.0. The first-order valence-electron chi connectivity index (χ1n) is 8.79. The molecule has 1 aliphatic heterocycles. The lowest BCUT2D eigenvalue weighted by Crippen LogP contribution is -2.50. The molecule has 0 aromatic carbocycles. The van der Waals surface area contributed by atoms with Gasteiger partial charge in [-0.1, -0.05) is 13.8 Å². The predicted molar refractivity (Wildman–Crippen MR) is 111 cm³/mol. The van der Waals surface area contributed by atoms with Crippen molar-refractivity contribution in [1.82, 2.24) is 20.4 Å². The Morgan fingerprint density at radius 3 is 2.46 bits per heavy atom. The fourth-order valence-electron chi connectivity index (χ4n) is 2.92. The average Bonchev–Trinajstić information content (AvgIpc) is 2.54. The van der Waals surface area contributed by atoms with Crippen molar-refractivity contribution in [2.45, 2.75) is 39.2 Å². The molecule has 4 N–H and O–H groups in total. The highest BCUT2D eigenvalue weighted by Crippen LogP contribution is 2.09. The summed E-state index contributed by atoms with van der Waals surface area (Å²) in [6, 6.07) is 0.406. The third kappa shape index (κ3) is 9.63. The van der Waals surface area contributed by atoms with Crippen molar-refractivity contribution in [3.63, 3.8) is 0 Å². The van der Waals surface area contributed by atoms with E-state index in [1.807, 2.05) is 0 Å². The Hall–Kier alpha value is -0.610. The van der Waals surface area contributed by atoms with E-state index in [-0.39, 0.29) is 29.9 Å². The Morgan fingerprint density at radius 1 is 1.29 bits per heavy atom. The quantitative estimate of drug-likeness (QED) is 0.268. The minimum absolute atomic E-state index is 0. The summed E-state index contributed by atoms with van der Waals surface area (Å²) < 4.78 is 0. The van der Waals surface area contributed by atoms with Gasteiger partial charge in [-0.05, 0) is 32.4 Å². The molecule has 0 aromatic heterocycles. The van der Waals surface area contributed by atoms with Gasteiger partial charge in [0.15, 0.2) is 5.96 Å². The van der Waals surface area contributed by atoms with E-state index in [2.05, 4.69) is 39.3 Å². The minimum atomic E-state index is -0.249. The number of piperidine rings is 1. The number of nitrogens with zero attached hydrogens (tertiary/aromatic N) is 3. The number of nitrogens with two attached hydrogens (primary N) is 1. The normalized spacial score (nSPS) is 16.8.